The van der Waals surface area contributed by atoms with Gasteiger partial charge >= 0.3 is 6.03 Å². The summed E-state index contributed by atoms with van der Waals surface area (Å²) in [7, 11) is 0. The summed E-state index contributed by atoms with van der Waals surface area (Å²) in [4.78, 5) is 41.4. The second kappa shape index (κ2) is 11.1. The van der Waals surface area contributed by atoms with E-state index >= 15 is 0 Å². The number of ether oxygens (including phenoxy) is 1. The standard InChI is InChI=1S/C29H27FIN3O4/c1-17(19-5-3-2-4-6-19)26(27(35)32-24-14-11-21(31)15-23(24)30)34-28(36)25(33-29(34)37)20-9-12-22(13-10-20)38-16-18-7-8-18/h2-6,9-15,17-18,25-26H,7-8,16H2,1H3,(H,32,35)(H,33,37)/t17-,25+,26-/m0/s1. The molecular weight excluding hydrogens is 600 g/mol. The number of halogens is 2. The molecule has 1 saturated carbocycles. The molecule has 0 bridgehead atoms. The zero-order valence-corrected chi connectivity index (χ0v) is 22.9. The number of nitrogens with zero attached hydrogens (tertiary/aromatic N) is 1. The lowest BCUT2D eigenvalue weighted by molar-refractivity contribution is -0.134. The van der Waals surface area contributed by atoms with Crippen LogP contribution in [0.4, 0.5) is 14.9 Å². The first-order chi connectivity index (χ1) is 18.3. The van der Waals surface area contributed by atoms with Gasteiger partial charge in [-0.15, -0.1) is 0 Å². The van der Waals surface area contributed by atoms with Gasteiger partial charge in [-0.05, 0) is 82.8 Å². The first-order valence-electron chi connectivity index (χ1n) is 12.5. The molecule has 1 saturated heterocycles. The minimum absolute atomic E-state index is 0.0222. The molecule has 1 aliphatic heterocycles. The van der Waals surface area contributed by atoms with E-state index in [9.17, 15) is 18.8 Å². The second-order valence-electron chi connectivity index (χ2n) is 9.67. The van der Waals surface area contributed by atoms with Crippen LogP contribution in [0.25, 0.3) is 0 Å². The molecule has 0 aromatic heterocycles. The summed E-state index contributed by atoms with van der Waals surface area (Å²) in [6, 6.07) is 17.7. The van der Waals surface area contributed by atoms with Crippen molar-refractivity contribution in [2.24, 2.45) is 5.92 Å². The molecule has 0 unspecified atom stereocenters. The molecule has 3 atom stereocenters. The third kappa shape index (κ3) is 5.67. The van der Waals surface area contributed by atoms with Crippen molar-refractivity contribution in [3.63, 3.8) is 0 Å². The van der Waals surface area contributed by atoms with Gasteiger partial charge in [0.1, 0.15) is 23.7 Å². The topological polar surface area (TPSA) is 87.7 Å². The van der Waals surface area contributed by atoms with E-state index in [0.717, 1.165) is 10.5 Å². The molecule has 196 valence electrons. The number of anilines is 1. The Labute approximate surface area is 233 Å². The number of urea groups is 1. The number of carbonyl (C=O) groups is 3. The van der Waals surface area contributed by atoms with E-state index < -0.39 is 41.7 Å². The molecule has 1 heterocycles. The molecule has 2 fully saturated rings. The van der Waals surface area contributed by atoms with Crippen molar-refractivity contribution < 1.29 is 23.5 Å². The minimum atomic E-state index is -1.21. The Hall–Kier alpha value is -3.47. The summed E-state index contributed by atoms with van der Waals surface area (Å²) >= 11 is 1.98. The van der Waals surface area contributed by atoms with Crippen LogP contribution in [0.2, 0.25) is 0 Å². The summed E-state index contributed by atoms with van der Waals surface area (Å²) in [6.07, 6.45) is 2.37. The number of rotatable bonds is 9. The third-order valence-corrected chi connectivity index (χ3v) is 7.57. The van der Waals surface area contributed by atoms with Crippen molar-refractivity contribution in [3.05, 3.63) is 93.3 Å². The zero-order valence-electron chi connectivity index (χ0n) is 20.7. The van der Waals surface area contributed by atoms with Crippen LogP contribution in [0.1, 0.15) is 42.9 Å². The predicted octanol–water partition coefficient (Wildman–Crippen LogP) is 5.62. The van der Waals surface area contributed by atoms with Crippen LogP contribution in [0.5, 0.6) is 5.75 Å². The first-order valence-corrected chi connectivity index (χ1v) is 13.6. The number of hydrogen-bond acceptors (Lipinski definition) is 4. The molecule has 0 spiro atoms. The number of amides is 4. The van der Waals surface area contributed by atoms with E-state index in [1.54, 1.807) is 37.3 Å². The highest BCUT2D eigenvalue weighted by molar-refractivity contribution is 14.1. The molecule has 7 nitrogen and oxygen atoms in total. The van der Waals surface area contributed by atoms with Gasteiger partial charge in [-0.1, -0.05) is 49.4 Å². The average molecular weight is 627 g/mol. The van der Waals surface area contributed by atoms with E-state index in [1.807, 2.05) is 52.9 Å². The van der Waals surface area contributed by atoms with Crippen LogP contribution in [0.3, 0.4) is 0 Å². The van der Waals surface area contributed by atoms with Gasteiger partial charge in [0, 0.05) is 9.49 Å². The molecule has 2 aliphatic rings. The molecule has 3 aromatic rings. The SMILES string of the molecule is C[C@@H](c1ccccc1)[C@@H](C(=O)Nc1ccc(I)cc1F)N1C(=O)N[C@H](c2ccc(OCC3CC3)cc2)C1=O. The second-order valence-corrected chi connectivity index (χ2v) is 10.9. The monoisotopic (exact) mass is 627 g/mol. The summed E-state index contributed by atoms with van der Waals surface area (Å²) in [5, 5.41) is 5.30. The number of benzene rings is 3. The van der Waals surface area contributed by atoms with Gasteiger partial charge in [-0.3, -0.25) is 9.59 Å². The normalized spacial score (nSPS) is 18.6. The fraction of sp³-hybridized carbons (Fsp3) is 0.276. The molecule has 0 radical (unpaired) electrons. The summed E-state index contributed by atoms with van der Waals surface area (Å²) in [5.74, 6) is -1.06. The molecule has 9 heteroatoms. The largest absolute Gasteiger partial charge is 0.493 e. The highest BCUT2D eigenvalue weighted by Crippen LogP contribution is 2.33. The Bertz CT molecular complexity index is 1350. The van der Waals surface area contributed by atoms with Crippen LogP contribution >= 0.6 is 22.6 Å². The Kier molecular flexibility index (Phi) is 7.64. The lowest BCUT2D eigenvalue weighted by Crippen LogP contribution is -2.50. The highest BCUT2D eigenvalue weighted by atomic mass is 127. The van der Waals surface area contributed by atoms with Crippen molar-refractivity contribution in [1.82, 2.24) is 10.2 Å². The van der Waals surface area contributed by atoms with E-state index in [2.05, 4.69) is 10.6 Å². The van der Waals surface area contributed by atoms with Gasteiger partial charge in [0.15, 0.2) is 0 Å². The lowest BCUT2D eigenvalue weighted by atomic mass is 9.91. The quantitative estimate of drug-likeness (QED) is 0.238. The van der Waals surface area contributed by atoms with Gasteiger partial charge in [-0.2, -0.15) is 0 Å². The van der Waals surface area contributed by atoms with E-state index in [1.165, 1.54) is 25.0 Å². The minimum Gasteiger partial charge on any atom is -0.493 e. The smallest absolute Gasteiger partial charge is 0.325 e. The Balaban J connectivity index is 1.41. The number of imide groups is 1. The summed E-state index contributed by atoms with van der Waals surface area (Å²) in [6.45, 7) is 2.44. The number of hydrogen-bond donors (Lipinski definition) is 2. The van der Waals surface area contributed by atoms with Crippen LogP contribution in [0, 0.1) is 15.3 Å². The van der Waals surface area contributed by atoms with Crippen LogP contribution in [-0.2, 0) is 9.59 Å². The highest BCUT2D eigenvalue weighted by Gasteiger charge is 2.47. The lowest BCUT2D eigenvalue weighted by Gasteiger charge is -2.30. The van der Waals surface area contributed by atoms with Gasteiger partial charge in [0.2, 0.25) is 5.91 Å². The van der Waals surface area contributed by atoms with Crippen molar-refractivity contribution >= 4 is 46.1 Å². The molecule has 5 rings (SSSR count). The third-order valence-electron chi connectivity index (χ3n) is 6.90. The van der Waals surface area contributed by atoms with Crippen molar-refractivity contribution in [1.29, 1.82) is 0 Å². The maximum Gasteiger partial charge on any atom is 0.325 e. The number of carbonyl (C=O) groups excluding carboxylic acids is 3. The summed E-state index contributed by atoms with van der Waals surface area (Å²) < 4.78 is 21.0. The Morgan fingerprint density at radius 3 is 2.47 bits per heavy atom. The maximum absolute atomic E-state index is 14.6. The van der Waals surface area contributed by atoms with Gasteiger partial charge < -0.3 is 15.4 Å². The molecular formula is C29H27FIN3O4. The van der Waals surface area contributed by atoms with E-state index in [4.69, 9.17) is 4.74 Å². The van der Waals surface area contributed by atoms with E-state index in [-0.39, 0.29) is 5.69 Å². The number of nitrogens with one attached hydrogen (secondary N) is 2. The van der Waals surface area contributed by atoms with E-state index in [0.29, 0.717) is 27.4 Å². The van der Waals surface area contributed by atoms with Gasteiger partial charge in [-0.25, -0.2) is 14.1 Å². The maximum atomic E-state index is 14.6. The Morgan fingerprint density at radius 2 is 1.82 bits per heavy atom. The van der Waals surface area contributed by atoms with Crippen LogP contribution in [0.15, 0.2) is 72.8 Å². The predicted molar refractivity (Wildman–Crippen MR) is 149 cm³/mol. The van der Waals surface area contributed by atoms with Crippen molar-refractivity contribution in [3.8, 4) is 5.75 Å². The zero-order chi connectivity index (χ0) is 26.8. The molecule has 1 aliphatic carbocycles. The Morgan fingerprint density at radius 1 is 1.11 bits per heavy atom. The van der Waals surface area contributed by atoms with Gasteiger partial charge in [0.25, 0.3) is 5.91 Å². The van der Waals surface area contributed by atoms with Crippen molar-refractivity contribution in [2.75, 3.05) is 11.9 Å². The van der Waals surface area contributed by atoms with Crippen LogP contribution in [-0.4, -0.2) is 35.4 Å². The average Bonchev–Trinajstić information content (AvgIpc) is 3.70. The fourth-order valence-electron chi connectivity index (χ4n) is 4.54. The van der Waals surface area contributed by atoms with Crippen LogP contribution < -0.4 is 15.4 Å². The van der Waals surface area contributed by atoms with Crippen molar-refractivity contribution in [2.45, 2.75) is 37.8 Å². The van der Waals surface area contributed by atoms with Gasteiger partial charge in [0.05, 0.1) is 12.3 Å². The fourth-order valence-corrected chi connectivity index (χ4v) is 5.00. The first kappa shape index (κ1) is 26.1. The summed E-state index contributed by atoms with van der Waals surface area (Å²) in [5.41, 5.74) is 1.32. The molecule has 38 heavy (non-hydrogen) atoms. The molecule has 4 amide bonds. The molecule has 3 aromatic carbocycles. The molecule has 2 N–H and O–H groups in total.